The lowest BCUT2D eigenvalue weighted by Crippen LogP contribution is -2.54. The van der Waals surface area contributed by atoms with Gasteiger partial charge in [0.1, 0.15) is 12.1 Å². The molecule has 4 amide bonds. The Balaban J connectivity index is 1.38. The van der Waals surface area contributed by atoms with Crippen LogP contribution >= 0.6 is 0 Å². The first kappa shape index (κ1) is 22.0. The fourth-order valence-electron chi connectivity index (χ4n) is 4.93. The topological polar surface area (TPSA) is 96.3 Å². The van der Waals surface area contributed by atoms with Gasteiger partial charge in [0.05, 0.1) is 12.2 Å². The first-order chi connectivity index (χ1) is 15.3. The van der Waals surface area contributed by atoms with Crippen LogP contribution in [-0.4, -0.2) is 44.6 Å². The van der Waals surface area contributed by atoms with E-state index >= 15 is 0 Å². The van der Waals surface area contributed by atoms with Gasteiger partial charge in [0, 0.05) is 17.8 Å². The largest absolute Gasteiger partial charge is 0.350 e. The molecule has 8 nitrogen and oxygen atoms in total. The molecule has 0 unspecified atom stereocenters. The number of carbonyl (C=O) groups excluding carboxylic acids is 3. The maximum atomic E-state index is 13.0. The number of hydrogen-bond acceptors (Lipinski definition) is 4. The van der Waals surface area contributed by atoms with Crippen LogP contribution in [-0.2, 0) is 22.7 Å². The van der Waals surface area contributed by atoms with E-state index in [9.17, 15) is 14.4 Å². The Labute approximate surface area is 188 Å². The molecule has 1 aromatic carbocycles. The van der Waals surface area contributed by atoms with Gasteiger partial charge in [0.15, 0.2) is 0 Å². The fraction of sp³-hybridized carbons (Fsp3) is 0.500. The lowest BCUT2D eigenvalue weighted by molar-refractivity contribution is -0.137. The molecule has 4 rings (SSSR count). The van der Waals surface area contributed by atoms with Crippen molar-refractivity contribution in [3.05, 3.63) is 52.8 Å². The normalized spacial score (nSPS) is 23.0. The van der Waals surface area contributed by atoms with E-state index in [-0.39, 0.29) is 24.3 Å². The second-order valence-electron chi connectivity index (χ2n) is 9.01. The van der Waals surface area contributed by atoms with Gasteiger partial charge < -0.3 is 10.6 Å². The quantitative estimate of drug-likeness (QED) is 0.679. The van der Waals surface area contributed by atoms with Crippen molar-refractivity contribution in [2.75, 3.05) is 6.54 Å². The van der Waals surface area contributed by atoms with Gasteiger partial charge in [0.25, 0.3) is 5.91 Å². The predicted molar refractivity (Wildman–Crippen MR) is 120 cm³/mol. The molecule has 2 heterocycles. The minimum absolute atomic E-state index is 0.0708. The molecule has 170 valence electrons. The first-order valence-electron chi connectivity index (χ1n) is 11.3. The maximum absolute atomic E-state index is 13.0. The van der Waals surface area contributed by atoms with Crippen LogP contribution in [0, 0.1) is 19.8 Å². The summed E-state index contributed by atoms with van der Waals surface area (Å²) in [6, 6.07) is 9.60. The molecule has 2 atom stereocenters. The highest BCUT2D eigenvalue weighted by atomic mass is 16.2. The van der Waals surface area contributed by atoms with Crippen molar-refractivity contribution in [1.82, 2.24) is 25.3 Å². The Hall–Kier alpha value is -3.16. The zero-order valence-corrected chi connectivity index (χ0v) is 19.0. The summed E-state index contributed by atoms with van der Waals surface area (Å²) in [5.41, 5.74) is 3.09. The van der Waals surface area contributed by atoms with Crippen LogP contribution in [0.1, 0.15) is 55.1 Å². The summed E-state index contributed by atoms with van der Waals surface area (Å²) in [6.07, 6.45) is 3.50. The van der Waals surface area contributed by atoms with Crippen LogP contribution < -0.4 is 10.6 Å². The van der Waals surface area contributed by atoms with Crippen molar-refractivity contribution in [2.45, 2.75) is 65.1 Å². The number of amides is 4. The number of carbonyl (C=O) groups is 3. The molecular weight excluding hydrogens is 406 g/mol. The standard InChI is InChI=1S/C24H31N5O3/c1-16-9-7-8-12-24(16)22(31)28(23(32)26-24)15-21(30)25-13-20-17(2)27-29(18(20)3)14-19-10-5-4-6-11-19/h4-6,10-11,16H,7-9,12-15H2,1-3H3,(H,25,30)(H,26,32)/t16-,24-/m1/s1. The molecular formula is C24H31N5O3. The summed E-state index contributed by atoms with van der Waals surface area (Å²) in [4.78, 5) is 39.2. The van der Waals surface area contributed by atoms with Crippen LogP contribution in [0.15, 0.2) is 30.3 Å². The Morgan fingerprint density at radius 1 is 1.22 bits per heavy atom. The predicted octanol–water partition coefficient (Wildman–Crippen LogP) is 2.67. The Morgan fingerprint density at radius 3 is 2.69 bits per heavy atom. The van der Waals surface area contributed by atoms with Gasteiger partial charge in [-0.3, -0.25) is 19.2 Å². The van der Waals surface area contributed by atoms with Crippen LogP contribution in [0.2, 0.25) is 0 Å². The summed E-state index contributed by atoms with van der Waals surface area (Å²) in [5, 5.41) is 10.4. The van der Waals surface area contributed by atoms with Crippen molar-refractivity contribution in [3.63, 3.8) is 0 Å². The second-order valence-corrected chi connectivity index (χ2v) is 9.01. The van der Waals surface area contributed by atoms with E-state index in [4.69, 9.17) is 0 Å². The molecule has 8 heteroatoms. The monoisotopic (exact) mass is 437 g/mol. The van der Waals surface area contributed by atoms with E-state index in [1.807, 2.05) is 43.7 Å². The highest BCUT2D eigenvalue weighted by Crippen LogP contribution is 2.38. The first-order valence-corrected chi connectivity index (χ1v) is 11.3. The molecule has 32 heavy (non-hydrogen) atoms. The van der Waals surface area contributed by atoms with Crippen LogP contribution in [0.25, 0.3) is 0 Å². The van der Waals surface area contributed by atoms with Crippen molar-refractivity contribution in [3.8, 4) is 0 Å². The fourth-order valence-corrected chi connectivity index (χ4v) is 4.93. The van der Waals surface area contributed by atoms with Gasteiger partial charge in [-0.25, -0.2) is 4.79 Å². The Kier molecular flexibility index (Phi) is 6.04. The number of nitrogens with one attached hydrogen (secondary N) is 2. The third kappa shape index (κ3) is 4.01. The zero-order chi connectivity index (χ0) is 22.9. The number of hydrogen-bond donors (Lipinski definition) is 2. The summed E-state index contributed by atoms with van der Waals surface area (Å²) >= 11 is 0. The average molecular weight is 438 g/mol. The van der Waals surface area contributed by atoms with Crippen LogP contribution in [0.4, 0.5) is 4.79 Å². The van der Waals surface area contributed by atoms with Gasteiger partial charge in [-0.1, -0.05) is 50.1 Å². The molecule has 2 aromatic rings. The molecule has 1 spiro atoms. The molecule has 0 radical (unpaired) electrons. The molecule has 2 N–H and O–H groups in total. The number of imide groups is 1. The molecule has 1 aliphatic carbocycles. The maximum Gasteiger partial charge on any atom is 0.325 e. The minimum Gasteiger partial charge on any atom is -0.350 e. The van der Waals surface area contributed by atoms with Gasteiger partial charge >= 0.3 is 6.03 Å². The van der Waals surface area contributed by atoms with E-state index in [0.29, 0.717) is 19.5 Å². The lowest BCUT2D eigenvalue weighted by atomic mass is 9.73. The lowest BCUT2D eigenvalue weighted by Gasteiger charge is -2.36. The highest BCUT2D eigenvalue weighted by molar-refractivity contribution is 6.09. The molecule has 1 saturated carbocycles. The summed E-state index contributed by atoms with van der Waals surface area (Å²) < 4.78 is 1.93. The highest BCUT2D eigenvalue weighted by Gasteiger charge is 2.55. The van der Waals surface area contributed by atoms with Crippen molar-refractivity contribution < 1.29 is 14.4 Å². The van der Waals surface area contributed by atoms with Gasteiger partial charge in [0.2, 0.25) is 5.91 Å². The molecule has 2 fully saturated rings. The van der Waals surface area contributed by atoms with E-state index in [0.717, 1.165) is 46.7 Å². The number of urea groups is 1. The number of rotatable bonds is 6. The third-order valence-corrected chi connectivity index (χ3v) is 6.97. The summed E-state index contributed by atoms with van der Waals surface area (Å²) in [5.74, 6) is -0.557. The molecule has 1 aliphatic heterocycles. The summed E-state index contributed by atoms with van der Waals surface area (Å²) in [6.45, 7) is 6.59. The van der Waals surface area contributed by atoms with Crippen LogP contribution in [0.3, 0.4) is 0 Å². The van der Waals surface area contributed by atoms with E-state index < -0.39 is 11.6 Å². The van der Waals surface area contributed by atoms with Gasteiger partial charge in [-0.05, 0) is 38.2 Å². The Bertz CT molecular complexity index is 1030. The molecule has 2 aliphatic rings. The van der Waals surface area contributed by atoms with Crippen molar-refractivity contribution in [1.29, 1.82) is 0 Å². The molecule has 1 saturated heterocycles. The SMILES string of the molecule is Cc1nn(Cc2ccccc2)c(C)c1CNC(=O)CN1C(=O)N[C@@]2(CCCC[C@H]2C)C1=O. The average Bonchev–Trinajstić information content (AvgIpc) is 3.17. The number of benzene rings is 1. The van der Waals surface area contributed by atoms with E-state index in [1.165, 1.54) is 0 Å². The third-order valence-electron chi connectivity index (χ3n) is 6.97. The Morgan fingerprint density at radius 2 is 1.97 bits per heavy atom. The summed E-state index contributed by atoms with van der Waals surface area (Å²) in [7, 11) is 0. The number of aromatic nitrogens is 2. The molecule has 0 bridgehead atoms. The van der Waals surface area contributed by atoms with Crippen molar-refractivity contribution in [2.24, 2.45) is 5.92 Å². The smallest absolute Gasteiger partial charge is 0.325 e. The van der Waals surface area contributed by atoms with Crippen LogP contribution in [0.5, 0.6) is 0 Å². The minimum atomic E-state index is -0.846. The molecule has 1 aromatic heterocycles. The second kappa shape index (κ2) is 8.76. The van der Waals surface area contributed by atoms with E-state index in [2.05, 4.69) is 27.9 Å². The zero-order valence-electron chi connectivity index (χ0n) is 19.0. The van der Waals surface area contributed by atoms with Gasteiger partial charge in [-0.2, -0.15) is 5.10 Å². The number of aryl methyl sites for hydroxylation is 1. The van der Waals surface area contributed by atoms with E-state index in [1.54, 1.807) is 0 Å². The van der Waals surface area contributed by atoms with Gasteiger partial charge in [-0.15, -0.1) is 0 Å². The van der Waals surface area contributed by atoms with Crippen molar-refractivity contribution >= 4 is 17.8 Å². The number of nitrogens with zero attached hydrogens (tertiary/aromatic N) is 3.